The number of nitrogens with two attached hydrogens (primary N) is 1. The van der Waals surface area contributed by atoms with Crippen LogP contribution in [-0.2, 0) is 22.7 Å². The second kappa shape index (κ2) is 12.2. The fourth-order valence-corrected chi connectivity index (χ4v) is 5.81. The zero-order valence-corrected chi connectivity index (χ0v) is 22.5. The van der Waals surface area contributed by atoms with Crippen molar-refractivity contribution in [2.24, 2.45) is 5.73 Å². The quantitative estimate of drug-likeness (QED) is 0.361. The van der Waals surface area contributed by atoms with Gasteiger partial charge in [-0.3, -0.25) is 9.59 Å². The van der Waals surface area contributed by atoms with Crippen LogP contribution in [0.4, 0.5) is 10.5 Å². The molecule has 4 amide bonds. The van der Waals surface area contributed by atoms with E-state index in [9.17, 15) is 14.4 Å². The highest BCUT2D eigenvalue weighted by molar-refractivity contribution is 8.00. The van der Waals surface area contributed by atoms with E-state index in [2.05, 4.69) is 16.7 Å². The summed E-state index contributed by atoms with van der Waals surface area (Å²) in [6.45, 7) is 2.51. The number of anilines is 1. The number of fused-ring (bicyclic) bond motifs is 1. The normalized spacial score (nSPS) is 15.0. The van der Waals surface area contributed by atoms with Crippen molar-refractivity contribution < 1.29 is 14.4 Å². The number of rotatable bonds is 8. The van der Waals surface area contributed by atoms with E-state index in [1.54, 1.807) is 35.3 Å². The lowest BCUT2D eigenvalue weighted by molar-refractivity contribution is -0.127. The topological polar surface area (TPSA) is 105 Å². The Kier molecular flexibility index (Phi) is 8.78. The van der Waals surface area contributed by atoms with Crippen LogP contribution >= 0.6 is 23.5 Å². The van der Waals surface area contributed by atoms with Crippen LogP contribution in [0.15, 0.2) is 76.5 Å². The first-order chi connectivity index (χ1) is 17.9. The minimum atomic E-state index is -0.591. The molecule has 192 valence electrons. The fraction of sp³-hybridized carbons (Fsp3) is 0.250. The van der Waals surface area contributed by atoms with E-state index in [0.29, 0.717) is 25.3 Å². The van der Waals surface area contributed by atoms with Crippen molar-refractivity contribution in [1.82, 2.24) is 10.6 Å². The zero-order valence-electron chi connectivity index (χ0n) is 20.8. The second-order valence-corrected chi connectivity index (χ2v) is 10.6. The fourth-order valence-electron chi connectivity index (χ4n) is 4.18. The van der Waals surface area contributed by atoms with Gasteiger partial charge in [-0.15, -0.1) is 23.5 Å². The van der Waals surface area contributed by atoms with Gasteiger partial charge < -0.3 is 21.3 Å². The molecule has 1 aliphatic heterocycles. The SMILES string of the molecule is CCC(=O)N[C@@H]1CSc2cc(SC)ccc2N(Cc2ccc(-c3ccccc3CNC(N)=O)cc2)C1=O. The predicted octanol–water partition coefficient (Wildman–Crippen LogP) is 4.78. The summed E-state index contributed by atoms with van der Waals surface area (Å²) < 4.78 is 0. The molecule has 4 rings (SSSR count). The zero-order chi connectivity index (χ0) is 26.4. The van der Waals surface area contributed by atoms with Gasteiger partial charge >= 0.3 is 6.03 Å². The van der Waals surface area contributed by atoms with E-state index in [0.717, 1.165) is 37.7 Å². The van der Waals surface area contributed by atoms with Crippen LogP contribution in [0, 0.1) is 0 Å². The van der Waals surface area contributed by atoms with Gasteiger partial charge in [0.05, 0.1) is 12.2 Å². The van der Waals surface area contributed by atoms with Crippen molar-refractivity contribution in [3.8, 4) is 11.1 Å². The highest BCUT2D eigenvalue weighted by Gasteiger charge is 2.32. The van der Waals surface area contributed by atoms with E-state index in [1.165, 1.54) is 0 Å². The number of carbonyl (C=O) groups excluding carboxylic acids is 3. The van der Waals surface area contributed by atoms with Gasteiger partial charge in [0, 0.05) is 28.5 Å². The van der Waals surface area contributed by atoms with Gasteiger partial charge in [-0.2, -0.15) is 0 Å². The molecule has 3 aromatic carbocycles. The van der Waals surface area contributed by atoms with Crippen LogP contribution in [0.3, 0.4) is 0 Å². The monoisotopic (exact) mass is 534 g/mol. The maximum Gasteiger partial charge on any atom is 0.312 e. The van der Waals surface area contributed by atoms with Gasteiger partial charge in [0.25, 0.3) is 5.91 Å². The summed E-state index contributed by atoms with van der Waals surface area (Å²) in [5, 5.41) is 5.55. The molecule has 37 heavy (non-hydrogen) atoms. The maximum atomic E-state index is 13.6. The summed E-state index contributed by atoms with van der Waals surface area (Å²) in [6.07, 6.45) is 2.36. The molecule has 0 saturated carbocycles. The van der Waals surface area contributed by atoms with Crippen molar-refractivity contribution >= 4 is 47.1 Å². The lowest BCUT2D eigenvalue weighted by Gasteiger charge is -2.26. The van der Waals surface area contributed by atoms with Crippen LogP contribution in [0.1, 0.15) is 24.5 Å². The summed E-state index contributed by atoms with van der Waals surface area (Å²) in [6, 6.07) is 20.9. The summed E-state index contributed by atoms with van der Waals surface area (Å²) >= 11 is 3.25. The standard InChI is InChI=1S/C28H30N4O3S2/c1-3-26(33)31-23-17-37-25-14-21(36-2)12-13-24(25)32(27(23)34)16-18-8-10-19(11-9-18)22-7-5-4-6-20(22)15-30-28(29)35/h4-14,23H,3,15-17H2,1-2H3,(H,31,33)(H3,29,30,35)/t23-/m1/s1. The lowest BCUT2D eigenvalue weighted by Crippen LogP contribution is -2.49. The Morgan fingerprint density at radius 1 is 1.11 bits per heavy atom. The molecule has 4 N–H and O–H groups in total. The minimum absolute atomic E-state index is 0.114. The first kappa shape index (κ1) is 26.6. The molecule has 0 radical (unpaired) electrons. The van der Waals surface area contributed by atoms with Crippen LogP contribution in [0.25, 0.3) is 11.1 Å². The number of amides is 4. The molecule has 0 unspecified atom stereocenters. The first-order valence-corrected chi connectivity index (χ1v) is 14.2. The van der Waals surface area contributed by atoms with Gasteiger partial charge in [-0.05, 0) is 46.7 Å². The molecule has 0 aromatic heterocycles. The van der Waals surface area contributed by atoms with E-state index in [-0.39, 0.29) is 11.8 Å². The smallest absolute Gasteiger partial charge is 0.312 e. The first-order valence-electron chi connectivity index (χ1n) is 12.0. The Morgan fingerprint density at radius 3 is 2.57 bits per heavy atom. The third kappa shape index (κ3) is 6.47. The Hall–Kier alpha value is -3.43. The maximum absolute atomic E-state index is 13.6. The molecule has 0 saturated heterocycles. The molecule has 0 aliphatic carbocycles. The number of hydrogen-bond donors (Lipinski definition) is 3. The van der Waals surface area contributed by atoms with Gasteiger partial charge in [0.15, 0.2) is 0 Å². The summed E-state index contributed by atoms with van der Waals surface area (Å²) in [4.78, 5) is 40.9. The number of nitrogens with zero attached hydrogens (tertiary/aromatic N) is 1. The number of benzene rings is 3. The number of hydrogen-bond acceptors (Lipinski definition) is 5. The number of nitrogens with one attached hydrogen (secondary N) is 2. The van der Waals surface area contributed by atoms with E-state index >= 15 is 0 Å². The number of carbonyl (C=O) groups is 3. The molecule has 0 fully saturated rings. The molecular formula is C28H30N4O3S2. The molecule has 3 aromatic rings. The average Bonchev–Trinajstić information content (AvgIpc) is 3.04. The van der Waals surface area contributed by atoms with Gasteiger partial charge in [-0.25, -0.2) is 4.79 Å². The summed E-state index contributed by atoms with van der Waals surface area (Å²) in [7, 11) is 0. The van der Waals surface area contributed by atoms with Crippen LogP contribution in [0.2, 0.25) is 0 Å². The Labute approximate surface area is 225 Å². The van der Waals surface area contributed by atoms with Gasteiger partial charge in [-0.1, -0.05) is 55.5 Å². The largest absolute Gasteiger partial charge is 0.352 e. The Bertz CT molecular complexity index is 1300. The van der Waals surface area contributed by atoms with Crippen molar-refractivity contribution in [1.29, 1.82) is 0 Å². The Morgan fingerprint density at radius 2 is 1.86 bits per heavy atom. The molecular weight excluding hydrogens is 504 g/mol. The highest BCUT2D eigenvalue weighted by atomic mass is 32.2. The van der Waals surface area contributed by atoms with E-state index < -0.39 is 12.1 Å². The predicted molar refractivity (Wildman–Crippen MR) is 151 cm³/mol. The molecule has 0 bridgehead atoms. The Balaban J connectivity index is 1.62. The van der Waals surface area contributed by atoms with Crippen LogP contribution < -0.4 is 21.3 Å². The molecule has 9 heteroatoms. The van der Waals surface area contributed by atoms with Gasteiger partial charge in [0.2, 0.25) is 5.91 Å². The third-order valence-corrected chi connectivity index (χ3v) is 8.02. The van der Waals surface area contributed by atoms with Crippen molar-refractivity contribution in [3.05, 3.63) is 77.9 Å². The average molecular weight is 535 g/mol. The molecule has 1 heterocycles. The van der Waals surface area contributed by atoms with Crippen LogP contribution in [-0.4, -0.2) is 35.9 Å². The van der Waals surface area contributed by atoms with Crippen molar-refractivity contribution in [2.75, 3.05) is 16.9 Å². The third-order valence-electron chi connectivity index (χ3n) is 6.16. The number of thioether (sulfide) groups is 2. The minimum Gasteiger partial charge on any atom is -0.352 e. The van der Waals surface area contributed by atoms with E-state index in [1.807, 2.05) is 66.9 Å². The second-order valence-electron chi connectivity index (χ2n) is 8.61. The molecule has 1 aliphatic rings. The highest BCUT2D eigenvalue weighted by Crippen LogP contribution is 2.38. The summed E-state index contributed by atoms with van der Waals surface area (Å²) in [5.74, 6) is 0.237. The molecule has 0 spiro atoms. The summed E-state index contributed by atoms with van der Waals surface area (Å²) in [5.41, 5.74) is 10.0. The van der Waals surface area contributed by atoms with Crippen molar-refractivity contribution in [2.45, 2.75) is 42.3 Å². The molecule has 1 atom stereocenters. The number of urea groups is 1. The van der Waals surface area contributed by atoms with Crippen LogP contribution in [0.5, 0.6) is 0 Å². The van der Waals surface area contributed by atoms with E-state index in [4.69, 9.17) is 5.73 Å². The number of primary amides is 1. The lowest BCUT2D eigenvalue weighted by atomic mass is 9.98. The van der Waals surface area contributed by atoms with Crippen molar-refractivity contribution in [3.63, 3.8) is 0 Å². The molecule has 7 nitrogen and oxygen atoms in total. The van der Waals surface area contributed by atoms with Gasteiger partial charge in [0.1, 0.15) is 6.04 Å².